The number of aromatic carboxylic acids is 1. The third-order valence-electron chi connectivity index (χ3n) is 10.9. The van der Waals surface area contributed by atoms with Gasteiger partial charge < -0.3 is 45.3 Å². The van der Waals surface area contributed by atoms with Crippen LogP contribution in [-0.2, 0) is 34.7 Å². The van der Waals surface area contributed by atoms with Crippen LogP contribution in [0.5, 0.6) is 11.5 Å². The number of rotatable bonds is 12. The van der Waals surface area contributed by atoms with Gasteiger partial charge >= 0.3 is 18.3 Å². The molecule has 2 atom stereocenters. The molecule has 0 radical (unpaired) electrons. The van der Waals surface area contributed by atoms with E-state index in [2.05, 4.69) is 25.3 Å². The zero-order valence-electron chi connectivity index (χ0n) is 38.4. The summed E-state index contributed by atoms with van der Waals surface area (Å²) in [5, 5.41) is 30.2. The van der Waals surface area contributed by atoms with Crippen molar-refractivity contribution < 1.29 is 70.2 Å². The number of nitrogens with two attached hydrogens (primary N) is 1. The molecule has 0 saturated carbocycles. The molecule has 1 fully saturated rings. The minimum absolute atomic E-state index is 0.0391. The summed E-state index contributed by atoms with van der Waals surface area (Å²) < 4.78 is 105. The molecular formula is C51H46F6N6O9. The average molecular weight is 1000 g/mol. The number of nitrogen functional groups attached to an aromatic ring is 1. The average Bonchev–Trinajstić information content (AvgIpc) is 4.09. The summed E-state index contributed by atoms with van der Waals surface area (Å²) in [4.78, 5) is 40.6. The number of para-hydroxylation sites is 2. The molecule has 6 aromatic rings. The number of carboxylic acid groups (broad SMARTS) is 1. The number of halogens is 6. The van der Waals surface area contributed by atoms with Gasteiger partial charge in [0.25, 0.3) is 5.91 Å². The summed E-state index contributed by atoms with van der Waals surface area (Å²) in [5.74, 6) is -1.54. The Bertz CT molecular complexity index is 2970. The smallest absolute Gasteiger partial charge is 0.417 e. The van der Waals surface area contributed by atoms with E-state index in [-0.39, 0.29) is 89.6 Å². The van der Waals surface area contributed by atoms with Gasteiger partial charge in [0.1, 0.15) is 48.6 Å². The number of anilines is 2. The Labute approximate surface area is 407 Å². The Morgan fingerprint density at radius 2 is 1.32 bits per heavy atom. The van der Waals surface area contributed by atoms with Gasteiger partial charge in [-0.15, -0.1) is 0 Å². The van der Waals surface area contributed by atoms with Gasteiger partial charge in [-0.1, -0.05) is 36.4 Å². The summed E-state index contributed by atoms with van der Waals surface area (Å²) in [5.41, 5.74) is 5.40. The standard InChI is InChI=1S/C24H20F3N3O4.C22H20F3NO5.C5H6N2/c25-24(26,27)19-11-16(34-13-15(32)12-31)7-8-17(19)20-10-14-4-3-5-18(22(14)29-20)23(33)30-21-6-1-2-9-28-21;1-21(2)30-11-14(31-21)10-29-13-6-7-15(17(9-13)22(23,24)25)18-8-12-4-3-5-16(20(27)28)19(12)26-18;6-5-3-1-2-4-7-5/h1-9,11,15,31-32H,10,12-13H2,(H,28,30,33);3-7,9,14H,8,10-11H2,1-2H3,(H,27,28);1-4H,(H2,6,7)/t15-;14-;/m10./s1. The third kappa shape index (κ3) is 13.2. The lowest BCUT2D eigenvalue weighted by atomic mass is 9.98. The van der Waals surface area contributed by atoms with Crippen molar-refractivity contribution in [2.75, 3.05) is 37.5 Å². The van der Waals surface area contributed by atoms with Gasteiger partial charge in [0.2, 0.25) is 0 Å². The molecule has 21 heteroatoms. The van der Waals surface area contributed by atoms with Gasteiger partial charge in [-0.3, -0.25) is 14.8 Å². The van der Waals surface area contributed by atoms with E-state index in [1.807, 2.05) is 12.1 Å². The van der Waals surface area contributed by atoms with Gasteiger partial charge in [0.15, 0.2) is 5.79 Å². The molecule has 0 spiro atoms. The second-order valence-corrected chi connectivity index (χ2v) is 16.6. The number of alkyl halides is 6. The van der Waals surface area contributed by atoms with E-state index in [1.54, 1.807) is 74.6 Å². The highest BCUT2D eigenvalue weighted by Gasteiger charge is 2.38. The molecule has 0 aliphatic carbocycles. The minimum atomic E-state index is -4.69. The molecule has 376 valence electrons. The predicted octanol–water partition coefficient (Wildman–Crippen LogP) is 9.04. The molecule has 9 rings (SSSR count). The molecule has 1 amide bonds. The van der Waals surface area contributed by atoms with Crippen LogP contribution in [0, 0.1) is 0 Å². The van der Waals surface area contributed by atoms with Crippen LogP contribution in [-0.4, -0.2) is 93.0 Å². The van der Waals surface area contributed by atoms with E-state index in [4.69, 9.17) is 29.8 Å². The number of aliphatic hydroxyl groups excluding tert-OH is 2. The lowest BCUT2D eigenvalue weighted by Gasteiger charge is -2.18. The van der Waals surface area contributed by atoms with Crippen molar-refractivity contribution in [3.8, 4) is 11.5 Å². The number of aromatic nitrogens is 2. The van der Waals surface area contributed by atoms with Gasteiger partial charge in [-0.05, 0) is 97.8 Å². The number of nitrogens with one attached hydrogen (secondary N) is 1. The molecule has 1 saturated heterocycles. The molecule has 3 aliphatic rings. The van der Waals surface area contributed by atoms with Crippen LogP contribution in [0.3, 0.4) is 0 Å². The molecule has 5 heterocycles. The highest BCUT2D eigenvalue weighted by molar-refractivity contribution is 6.13. The number of aliphatic hydroxyl groups is 2. The van der Waals surface area contributed by atoms with Crippen LogP contribution in [0.25, 0.3) is 0 Å². The van der Waals surface area contributed by atoms with Crippen LogP contribution < -0.4 is 20.5 Å². The van der Waals surface area contributed by atoms with Crippen molar-refractivity contribution >= 4 is 46.3 Å². The molecule has 72 heavy (non-hydrogen) atoms. The highest BCUT2D eigenvalue weighted by Crippen LogP contribution is 2.41. The quantitative estimate of drug-likeness (QED) is 0.0725. The number of fused-ring (bicyclic) bond motifs is 2. The molecule has 6 N–H and O–H groups in total. The molecule has 0 bridgehead atoms. The van der Waals surface area contributed by atoms with Crippen molar-refractivity contribution in [2.45, 2.75) is 57.0 Å². The van der Waals surface area contributed by atoms with Crippen LogP contribution in [0.2, 0.25) is 0 Å². The van der Waals surface area contributed by atoms with Crippen LogP contribution in [0.4, 0.5) is 49.4 Å². The fraction of sp³-hybridized carbons (Fsp3) is 0.255. The summed E-state index contributed by atoms with van der Waals surface area (Å²) in [6, 6.07) is 27.1. The van der Waals surface area contributed by atoms with Crippen molar-refractivity contribution in [3.63, 3.8) is 0 Å². The summed E-state index contributed by atoms with van der Waals surface area (Å²) in [6.07, 6.45) is -7.51. The van der Waals surface area contributed by atoms with E-state index >= 15 is 0 Å². The number of aliphatic imine (C=N–C) groups is 2. The fourth-order valence-electron chi connectivity index (χ4n) is 7.58. The molecular weight excluding hydrogens is 955 g/mol. The van der Waals surface area contributed by atoms with E-state index in [0.717, 1.165) is 12.1 Å². The Kier molecular flexibility index (Phi) is 16.0. The number of benzene rings is 4. The maximum absolute atomic E-state index is 13.9. The zero-order valence-corrected chi connectivity index (χ0v) is 38.4. The number of hydrogen-bond donors (Lipinski definition) is 5. The summed E-state index contributed by atoms with van der Waals surface area (Å²) >= 11 is 0. The number of carboxylic acids is 1. The second-order valence-electron chi connectivity index (χ2n) is 16.6. The Hall–Kier alpha value is -7.72. The lowest BCUT2D eigenvalue weighted by molar-refractivity contribution is -0.141. The van der Waals surface area contributed by atoms with Gasteiger partial charge in [-0.2, -0.15) is 26.3 Å². The molecule has 2 aromatic heterocycles. The van der Waals surface area contributed by atoms with Gasteiger partial charge in [-0.25, -0.2) is 14.8 Å². The zero-order chi connectivity index (χ0) is 51.8. The first kappa shape index (κ1) is 52.1. The van der Waals surface area contributed by atoms with Gasteiger partial charge in [0, 0.05) is 36.4 Å². The maximum atomic E-state index is 13.9. The number of carbonyl (C=O) groups is 2. The number of nitrogens with zero attached hydrogens (tertiary/aromatic N) is 4. The van der Waals surface area contributed by atoms with Crippen molar-refractivity contribution in [3.05, 3.63) is 166 Å². The largest absolute Gasteiger partial charge is 0.491 e. The Morgan fingerprint density at radius 3 is 1.79 bits per heavy atom. The first-order valence-electron chi connectivity index (χ1n) is 22.0. The van der Waals surface area contributed by atoms with Crippen molar-refractivity contribution in [2.24, 2.45) is 9.98 Å². The molecule has 15 nitrogen and oxygen atoms in total. The summed E-state index contributed by atoms with van der Waals surface area (Å²) in [7, 11) is 0. The van der Waals surface area contributed by atoms with Crippen LogP contribution >= 0.6 is 0 Å². The highest BCUT2D eigenvalue weighted by atomic mass is 19.4. The van der Waals surface area contributed by atoms with Crippen LogP contribution in [0.15, 0.2) is 132 Å². The summed E-state index contributed by atoms with van der Waals surface area (Å²) in [6.45, 7) is 2.91. The van der Waals surface area contributed by atoms with E-state index < -0.39 is 53.9 Å². The van der Waals surface area contributed by atoms with E-state index in [9.17, 15) is 46.1 Å². The molecule has 4 aromatic carbocycles. The Balaban J connectivity index is 0.000000186. The monoisotopic (exact) mass is 1000 g/mol. The normalized spacial score (nSPS) is 15.8. The lowest BCUT2D eigenvalue weighted by Crippen LogP contribution is -2.25. The number of hydrogen-bond acceptors (Lipinski definition) is 13. The Morgan fingerprint density at radius 1 is 0.764 bits per heavy atom. The maximum Gasteiger partial charge on any atom is 0.417 e. The topological polar surface area (TPSA) is 220 Å². The first-order chi connectivity index (χ1) is 34.2. The minimum Gasteiger partial charge on any atom is -0.491 e. The fourth-order valence-corrected chi connectivity index (χ4v) is 7.58. The first-order valence-corrected chi connectivity index (χ1v) is 22.0. The number of pyridine rings is 2. The number of carbonyl (C=O) groups excluding carboxylic acids is 1. The second kappa shape index (κ2) is 22.1. The van der Waals surface area contributed by atoms with Crippen LogP contribution in [0.1, 0.15) is 67.9 Å². The van der Waals surface area contributed by atoms with Crippen molar-refractivity contribution in [1.82, 2.24) is 9.97 Å². The van der Waals surface area contributed by atoms with Gasteiger partial charge in [0.05, 0.1) is 58.3 Å². The molecule has 3 aliphatic heterocycles. The third-order valence-corrected chi connectivity index (χ3v) is 10.9. The van der Waals surface area contributed by atoms with Crippen molar-refractivity contribution in [1.29, 1.82) is 0 Å². The predicted molar refractivity (Wildman–Crippen MR) is 252 cm³/mol. The van der Waals surface area contributed by atoms with E-state index in [0.29, 0.717) is 28.5 Å². The van der Waals surface area contributed by atoms with E-state index in [1.165, 1.54) is 36.5 Å². The number of amides is 1. The molecule has 0 unspecified atom stereocenters. The number of ether oxygens (including phenoxy) is 4. The SMILES string of the molecule is CC1(C)OC[C@H](COc2ccc(C3=Nc4c(cccc4C(=O)O)C3)c(C(F)(F)F)c2)O1.Nc1ccccn1.O=C(Nc1ccccn1)c1cccc2c1N=C(c1ccc(OC[C@H](O)CO)cc1C(F)(F)F)C2.